The van der Waals surface area contributed by atoms with Crippen LogP contribution in [0.15, 0.2) is 12.7 Å². The molecule has 2 unspecified atom stereocenters. The number of hydrogen-bond donors (Lipinski definition) is 1. The maximum atomic E-state index is 3.94. The number of allylic oxidation sites excluding steroid dienone is 1. The average molecular weight is 257 g/mol. The van der Waals surface area contributed by atoms with Crippen molar-refractivity contribution in [1.29, 1.82) is 0 Å². The molecule has 0 aromatic carbocycles. The summed E-state index contributed by atoms with van der Waals surface area (Å²) in [6, 6.07) is 1.61. The molecule has 17 heavy (non-hydrogen) atoms. The third-order valence-corrected chi connectivity index (χ3v) is 4.43. The number of hydrogen-bond acceptors (Lipinski definition) is 1. The summed E-state index contributed by atoms with van der Waals surface area (Å²) < 4.78 is 0. The molecule has 0 spiro atoms. The Morgan fingerprint density at radius 2 is 1.59 bits per heavy atom. The van der Waals surface area contributed by atoms with Gasteiger partial charge in [0.25, 0.3) is 0 Å². The van der Waals surface area contributed by atoms with Crippen LogP contribution in [0.25, 0.3) is 0 Å². The van der Waals surface area contributed by atoms with E-state index in [2.05, 4.69) is 18.0 Å². The van der Waals surface area contributed by atoms with E-state index in [-0.39, 0.29) is 12.4 Å². The molecule has 2 heteroatoms. The lowest BCUT2D eigenvalue weighted by Gasteiger charge is -2.36. The van der Waals surface area contributed by atoms with E-state index < -0.39 is 0 Å². The molecular formula is C15H27ClN-. The summed E-state index contributed by atoms with van der Waals surface area (Å²) in [6.07, 6.45) is 16.2. The fraction of sp³-hybridized carbons (Fsp3) is 0.867. The Balaban J connectivity index is 0.00000144. The summed E-state index contributed by atoms with van der Waals surface area (Å²) >= 11 is 0. The summed E-state index contributed by atoms with van der Waals surface area (Å²) in [5, 5.41) is 3.94. The summed E-state index contributed by atoms with van der Waals surface area (Å²) in [5.74, 6) is 0.869. The van der Waals surface area contributed by atoms with Crippen LogP contribution < -0.4 is 17.7 Å². The first-order chi connectivity index (χ1) is 7.90. The highest BCUT2D eigenvalue weighted by Gasteiger charge is 2.26. The molecule has 0 radical (unpaired) electrons. The molecule has 2 aliphatic carbocycles. The Bertz CT molecular complexity index is 211. The van der Waals surface area contributed by atoms with Crippen LogP contribution in [-0.2, 0) is 0 Å². The van der Waals surface area contributed by atoms with Crippen molar-refractivity contribution in [3.63, 3.8) is 0 Å². The Hall–Kier alpha value is -0.0100. The van der Waals surface area contributed by atoms with E-state index in [1.165, 1.54) is 64.2 Å². The van der Waals surface area contributed by atoms with Gasteiger partial charge in [0.05, 0.1) is 0 Å². The number of halogens is 1. The Morgan fingerprint density at radius 3 is 2.29 bits per heavy atom. The van der Waals surface area contributed by atoms with Crippen LogP contribution in [0.1, 0.15) is 64.2 Å². The highest BCUT2D eigenvalue weighted by atomic mass is 35.5. The van der Waals surface area contributed by atoms with Gasteiger partial charge in [-0.15, -0.1) is 6.58 Å². The normalized spacial score (nSPS) is 30.6. The van der Waals surface area contributed by atoms with Gasteiger partial charge in [-0.25, -0.2) is 0 Å². The maximum Gasteiger partial charge on any atom is 0.0101 e. The fourth-order valence-electron chi connectivity index (χ4n) is 3.50. The first-order valence-electron chi connectivity index (χ1n) is 7.27. The lowest BCUT2D eigenvalue weighted by atomic mass is 9.81. The molecule has 2 aliphatic rings. The van der Waals surface area contributed by atoms with Crippen LogP contribution in [0, 0.1) is 5.92 Å². The minimum absolute atomic E-state index is 0. The van der Waals surface area contributed by atoms with E-state index in [0.717, 1.165) is 18.0 Å². The molecule has 0 aromatic rings. The molecule has 2 saturated carbocycles. The van der Waals surface area contributed by atoms with E-state index in [0.29, 0.717) is 0 Å². The predicted octanol–water partition coefficient (Wildman–Crippen LogP) is 1.05. The van der Waals surface area contributed by atoms with E-state index >= 15 is 0 Å². The molecule has 0 aliphatic heterocycles. The molecule has 1 N–H and O–H groups in total. The van der Waals surface area contributed by atoms with E-state index in [1.807, 2.05) is 0 Å². The molecule has 100 valence electrons. The molecule has 0 bridgehead atoms. The van der Waals surface area contributed by atoms with Crippen molar-refractivity contribution in [2.75, 3.05) is 0 Å². The van der Waals surface area contributed by atoms with Crippen molar-refractivity contribution in [2.45, 2.75) is 76.3 Å². The van der Waals surface area contributed by atoms with Gasteiger partial charge in [-0.2, -0.15) is 0 Å². The lowest BCUT2D eigenvalue weighted by Crippen LogP contribution is -3.00. The quantitative estimate of drug-likeness (QED) is 0.742. The Morgan fingerprint density at radius 1 is 0.941 bits per heavy atom. The first kappa shape index (κ1) is 15.0. The molecule has 1 nitrogen and oxygen atoms in total. The maximum absolute atomic E-state index is 3.94. The fourth-order valence-corrected chi connectivity index (χ4v) is 3.50. The molecule has 2 rings (SSSR count). The molecule has 2 fully saturated rings. The third kappa shape index (κ3) is 4.63. The molecular weight excluding hydrogens is 230 g/mol. The number of nitrogens with one attached hydrogen (secondary N) is 1. The number of rotatable bonds is 4. The second-order valence-corrected chi connectivity index (χ2v) is 5.68. The van der Waals surface area contributed by atoms with E-state index in [1.54, 1.807) is 0 Å². The van der Waals surface area contributed by atoms with Crippen molar-refractivity contribution in [3.8, 4) is 0 Å². The van der Waals surface area contributed by atoms with Gasteiger partial charge >= 0.3 is 0 Å². The topological polar surface area (TPSA) is 12.0 Å². The second kappa shape index (κ2) is 8.16. The van der Waals surface area contributed by atoms with E-state index in [9.17, 15) is 0 Å². The summed E-state index contributed by atoms with van der Waals surface area (Å²) in [7, 11) is 0. The zero-order valence-electron chi connectivity index (χ0n) is 11.0. The monoisotopic (exact) mass is 256 g/mol. The zero-order valence-corrected chi connectivity index (χ0v) is 11.7. The summed E-state index contributed by atoms with van der Waals surface area (Å²) in [6.45, 7) is 3.91. The van der Waals surface area contributed by atoms with Crippen molar-refractivity contribution >= 4 is 0 Å². The van der Waals surface area contributed by atoms with Crippen LogP contribution in [0.3, 0.4) is 0 Å². The van der Waals surface area contributed by atoms with Crippen LogP contribution in [0.5, 0.6) is 0 Å². The zero-order chi connectivity index (χ0) is 11.2. The van der Waals surface area contributed by atoms with Crippen LogP contribution in [0.2, 0.25) is 0 Å². The van der Waals surface area contributed by atoms with Crippen LogP contribution >= 0.6 is 0 Å². The van der Waals surface area contributed by atoms with Gasteiger partial charge < -0.3 is 17.7 Å². The largest absolute Gasteiger partial charge is 1.00 e. The second-order valence-electron chi connectivity index (χ2n) is 5.68. The summed E-state index contributed by atoms with van der Waals surface area (Å²) in [4.78, 5) is 0. The SMILES string of the molecule is C=CCC1CCCCC1NC1CCCCC1.[Cl-]. The van der Waals surface area contributed by atoms with Gasteiger partial charge in [0.2, 0.25) is 0 Å². The minimum Gasteiger partial charge on any atom is -1.00 e. The Kier molecular flexibility index (Phi) is 7.22. The smallest absolute Gasteiger partial charge is 0.0101 e. The van der Waals surface area contributed by atoms with Gasteiger partial charge in [0.1, 0.15) is 0 Å². The highest BCUT2D eigenvalue weighted by Crippen LogP contribution is 2.29. The van der Waals surface area contributed by atoms with Gasteiger partial charge in [-0.05, 0) is 38.0 Å². The summed E-state index contributed by atoms with van der Waals surface area (Å²) in [5.41, 5.74) is 0. The first-order valence-corrected chi connectivity index (χ1v) is 7.27. The Labute approximate surface area is 113 Å². The van der Waals surface area contributed by atoms with Gasteiger partial charge in [-0.1, -0.05) is 38.2 Å². The third-order valence-electron chi connectivity index (χ3n) is 4.43. The van der Waals surface area contributed by atoms with Crippen molar-refractivity contribution in [2.24, 2.45) is 5.92 Å². The molecule has 0 saturated heterocycles. The van der Waals surface area contributed by atoms with Crippen molar-refractivity contribution in [3.05, 3.63) is 12.7 Å². The highest BCUT2D eigenvalue weighted by molar-refractivity contribution is 4.88. The predicted molar refractivity (Wildman–Crippen MR) is 70.6 cm³/mol. The molecule has 2 atom stereocenters. The van der Waals surface area contributed by atoms with Crippen molar-refractivity contribution < 1.29 is 12.4 Å². The van der Waals surface area contributed by atoms with E-state index in [4.69, 9.17) is 0 Å². The standard InChI is InChI=1S/C15H27N.ClH/c1-2-8-13-9-6-7-12-15(13)16-14-10-4-3-5-11-14;/h2,13-16H,1,3-12H2;1H/p-1. The van der Waals surface area contributed by atoms with Gasteiger partial charge in [-0.3, -0.25) is 0 Å². The molecule has 0 heterocycles. The molecule has 0 amide bonds. The average Bonchev–Trinajstić information content (AvgIpc) is 2.33. The van der Waals surface area contributed by atoms with Crippen LogP contribution in [-0.4, -0.2) is 12.1 Å². The van der Waals surface area contributed by atoms with Gasteiger partial charge in [0.15, 0.2) is 0 Å². The van der Waals surface area contributed by atoms with Crippen molar-refractivity contribution in [1.82, 2.24) is 5.32 Å². The molecule has 0 aromatic heterocycles. The van der Waals surface area contributed by atoms with Crippen LogP contribution in [0.4, 0.5) is 0 Å². The lowest BCUT2D eigenvalue weighted by molar-refractivity contribution is -0.00000357. The van der Waals surface area contributed by atoms with Gasteiger partial charge in [0, 0.05) is 12.1 Å². The minimum atomic E-state index is 0.